The highest BCUT2D eigenvalue weighted by Gasteiger charge is 1.75. The van der Waals surface area contributed by atoms with Crippen molar-refractivity contribution >= 4 is 12.2 Å². The molecule has 0 bridgehead atoms. The third-order valence-electron chi connectivity index (χ3n) is 0.592. The maximum atomic E-state index is 10.2. The number of nitrogens with zero attached hydrogens (tertiary/aromatic N) is 1. The summed E-state index contributed by atoms with van der Waals surface area (Å²) in [5.74, 6) is 0. The van der Waals surface area contributed by atoms with Gasteiger partial charge in [-0.15, -0.1) is 0 Å². The van der Waals surface area contributed by atoms with Gasteiger partial charge in [0.15, 0.2) is 0 Å². The minimum Gasteiger partial charge on any atom is -0.285 e. The SMILES string of the molecule is O=c1ncc(=S)[nH][nH]1. The lowest BCUT2D eigenvalue weighted by Gasteiger charge is -1.78. The average molecular weight is 129 g/mol. The van der Waals surface area contributed by atoms with Crippen LogP contribution < -0.4 is 5.69 Å². The number of hydrogen-bond donors (Lipinski definition) is 2. The number of hydrogen-bond acceptors (Lipinski definition) is 3. The minimum atomic E-state index is -0.418. The van der Waals surface area contributed by atoms with E-state index in [2.05, 4.69) is 27.4 Å². The molecule has 5 heteroatoms. The molecular weight excluding hydrogens is 126 g/mol. The molecule has 0 spiro atoms. The molecule has 8 heavy (non-hydrogen) atoms. The maximum absolute atomic E-state index is 10.2. The van der Waals surface area contributed by atoms with Gasteiger partial charge >= 0.3 is 5.69 Å². The van der Waals surface area contributed by atoms with Crippen LogP contribution in [0, 0.1) is 4.64 Å². The fourth-order valence-corrected chi connectivity index (χ4v) is 0.401. The van der Waals surface area contributed by atoms with Crippen LogP contribution >= 0.6 is 12.2 Å². The normalized spacial score (nSPS) is 9.00. The second kappa shape index (κ2) is 1.87. The number of aromatic amines is 2. The lowest BCUT2D eigenvalue weighted by molar-refractivity contribution is 0.902. The van der Waals surface area contributed by atoms with Gasteiger partial charge in [0.2, 0.25) is 0 Å². The molecule has 2 N–H and O–H groups in total. The van der Waals surface area contributed by atoms with E-state index < -0.39 is 5.69 Å². The van der Waals surface area contributed by atoms with E-state index in [1.807, 2.05) is 0 Å². The van der Waals surface area contributed by atoms with Gasteiger partial charge in [0.25, 0.3) is 0 Å². The number of rotatable bonds is 0. The van der Waals surface area contributed by atoms with Gasteiger partial charge in [-0.25, -0.2) is 9.89 Å². The Morgan fingerprint density at radius 1 is 1.62 bits per heavy atom. The molecular formula is C3H3N3OS. The van der Waals surface area contributed by atoms with Crippen LogP contribution in [0.2, 0.25) is 0 Å². The van der Waals surface area contributed by atoms with Gasteiger partial charge in [0, 0.05) is 0 Å². The third-order valence-corrected chi connectivity index (χ3v) is 0.799. The first kappa shape index (κ1) is 5.17. The van der Waals surface area contributed by atoms with Crippen LogP contribution in [0.25, 0.3) is 0 Å². The highest BCUT2D eigenvalue weighted by atomic mass is 32.1. The Morgan fingerprint density at radius 3 is 2.75 bits per heavy atom. The van der Waals surface area contributed by atoms with Gasteiger partial charge in [0.05, 0.1) is 6.20 Å². The second-order valence-electron chi connectivity index (χ2n) is 1.18. The zero-order chi connectivity index (χ0) is 5.98. The van der Waals surface area contributed by atoms with E-state index >= 15 is 0 Å². The summed E-state index contributed by atoms with van der Waals surface area (Å²) in [5.41, 5.74) is -0.418. The first-order valence-corrected chi connectivity index (χ1v) is 2.34. The number of nitrogens with one attached hydrogen (secondary N) is 2. The van der Waals surface area contributed by atoms with E-state index in [4.69, 9.17) is 0 Å². The Bertz CT molecular complexity index is 222. The zero-order valence-corrected chi connectivity index (χ0v) is 4.66. The van der Waals surface area contributed by atoms with Gasteiger partial charge in [-0.2, -0.15) is 4.98 Å². The van der Waals surface area contributed by atoms with Crippen molar-refractivity contribution in [3.8, 4) is 0 Å². The Kier molecular flexibility index (Phi) is 1.21. The van der Waals surface area contributed by atoms with Crippen molar-refractivity contribution in [2.75, 3.05) is 0 Å². The standard InChI is InChI=1S/C3H3N3OS/c7-3-4-1-2(8)5-6-3/h1H,(H,5,8)(H,4,6,7). The molecule has 4 nitrogen and oxygen atoms in total. The van der Waals surface area contributed by atoms with Crippen LogP contribution in [0.3, 0.4) is 0 Å². The summed E-state index contributed by atoms with van der Waals surface area (Å²) in [6.45, 7) is 0. The second-order valence-corrected chi connectivity index (χ2v) is 1.62. The summed E-state index contributed by atoms with van der Waals surface area (Å²) in [4.78, 5) is 13.5. The van der Waals surface area contributed by atoms with Crippen LogP contribution in [0.4, 0.5) is 0 Å². The van der Waals surface area contributed by atoms with Crippen molar-refractivity contribution in [2.45, 2.75) is 0 Å². The topological polar surface area (TPSA) is 61.5 Å². The third kappa shape index (κ3) is 1.00. The van der Waals surface area contributed by atoms with E-state index in [9.17, 15) is 4.79 Å². The fraction of sp³-hybridized carbons (Fsp3) is 0. The number of H-pyrrole nitrogens is 2. The lowest BCUT2D eigenvalue weighted by Crippen LogP contribution is -2.09. The molecule has 1 aromatic rings. The Hall–Kier alpha value is -0.970. The summed E-state index contributed by atoms with van der Waals surface area (Å²) >= 11 is 4.58. The molecule has 0 aliphatic carbocycles. The van der Waals surface area contributed by atoms with Crippen molar-refractivity contribution in [1.29, 1.82) is 0 Å². The molecule has 1 aromatic heterocycles. The Balaban J connectivity index is 3.44. The summed E-state index contributed by atoms with van der Waals surface area (Å²) in [6, 6.07) is 0. The molecule has 42 valence electrons. The monoisotopic (exact) mass is 129 g/mol. The first-order chi connectivity index (χ1) is 3.79. The van der Waals surface area contributed by atoms with Crippen molar-refractivity contribution in [3.05, 3.63) is 21.3 Å². The van der Waals surface area contributed by atoms with Gasteiger partial charge in [-0.1, -0.05) is 12.2 Å². The van der Waals surface area contributed by atoms with Gasteiger partial charge in [-0.3, -0.25) is 5.10 Å². The summed E-state index contributed by atoms with van der Waals surface area (Å²) in [6.07, 6.45) is 1.29. The van der Waals surface area contributed by atoms with Crippen LogP contribution in [0.5, 0.6) is 0 Å². The molecule has 1 rings (SSSR count). The van der Waals surface area contributed by atoms with Gasteiger partial charge in [0.1, 0.15) is 4.64 Å². The summed E-state index contributed by atoms with van der Waals surface area (Å²) in [7, 11) is 0. The van der Waals surface area contributed by atoms with Gasteiger partial charge in [-0.05, 0) is 0 Å². The van der Waals surface area contributed by atoms with Crippen molar-refractivity contribution < 1.29 is 0 Å². The Labute approximate surface area is 49.6 Å². The average Bonchev–Trinajstić information content (AvgIpc) is 1.77. The van der Waals surface area contributed by atoms with Crippen LogP contribution in [0.1, 0.15) is 0 Å². The predicted molar refractivity (Wildman–Crippen MR) is 30.0 cm³/mol. The highest BCUT2D eigenvalue weighted by molar-refractivity contribution is 7.71. The lowest BCUT2D eigenvalue weighted by atomic mass is 10.9. The van der Waals surface area contributed by atoms with Crippen LogP contribution in [0.15, 0.2) is 11.0 Å². The molecule has 0 aromatic carbocycles. The number of aromatic nitrogens is 3. The molecule has 0 radical (unpaired) electrons. The van der Waals surface area contributed by atoms with Crippen LogP contribution in [-0.4, -0.2) is 15.2 Å². The van der Waals surface area contributed by atoms with Gasteiger partial charge < -0.3 is 0 Å². The van der Waals surface area contributed by atoms with Crippen molar-refractivity contribution in [2.24, 2.45) is 0 Å². The smallest absolute Gasteiger partial charge is 0.285 e. The minimum absolute atomic E-state index is 0.418. The molecule has 0 saturated heterocycles. The van der Waals surface area contributed by atoms with Crippen LogP contribution in [-0.2, 0) is 0 Å². The molecule has 0 atom stereocenters. The fourth-order valence-electron chi connectivity index (χ4n) is 0.297. The molecule has 1 heterocycles. The highest BCUT2D eigenvalue weighted by Crippen LogP contribution is 1.67. The largest absolute Gasteiger partial charge is 0.359 e. The van der Waals surface area contributed by atoms with Crippen molar-refractivity contribution in [1.82, 2.24) is 15.2 Å². The Morgan fingerprint density at radius 2 is 2.38 bits per heavy atom. The molecule has 0 aliphatic rings. The quantitative estimate of drug-likeness (QED) is 0.478. The molecule has 0 unspecified atom stereocenters. The van der Waals surface area contributed by atoms with E-state index in [1.165, 1.54) is 6.20 Å². The molecule has 0 amide bonds. The van der Waals surface area contributed by atoms with E-state index in [0.29, 0.717) is 4.64 Å². The van der Waals surface area contributed by atoms with Crippen molar-refractivity contribution in [3.63, 3.8) is 0 Å². The summed E-state index contributed by atoms with van der Waals surface area (Å²) < 4.78 is 0.421. The molecule has 0 saturated carbocycles. The zero-order valence-electron chi connectivity index (χ0n) is 3.84. The molecule has 0 aliphatic heterocycles. The van der Waals surface area contributed by atoms with E-state index in [0.717, 1.165) is 0 Å². The van der Waals surface area contributed by atoms with E-state index in [1.54, 1.807) is 0 Å². The first-order valence-electron chi connectivity index (χ1n) is 1.93. The summed E-state index contributed by atoms with van der Waals surface area (Å²) in [5, 5.41) is 4.62. The molecule has 0 fully saturated rings. The predicted octanol–water partition coefficient (Wildman–Crippen LogP) is -0.173. The maximum Gasteiger partial charge on any atom is 0.359 e. The van der Waals surface area contributed by atoms with E-state index in [-0.39, 0.29) is 0 Å².